The second-order valence-electron chi connectivity index (χ2n) is 10.0. The molecule has 0 bridgehead atoms. The summed E-state index contributed by atoms with van der Waals surface area (Å²) in [7, 11) is 2.15. The number of ether oxygens (including phenoxy) is 1. The summed E-state index contributed by atoms with van der Waals surface area (Å²) < 4.78 is 7.04. The van der Waals surface area contributed by atoms with E-state index >= 15 is 0 Å². The first-order chi connectivity index (χ1) is 16.9. The van der Waals surface area contributed by atoms with Crippen molar-refractivity contribution in [2.24, 2.45) is 0 Å². The lowest BCUT2D eigenvalue weighted by atomic mass is 9.85. The Morgan fingerprint density at radius 2 is 1.89 bits per heavy atom. The van der Waals surface area contributed by atoms with Crippen molar-refractivity contribution in [3.63, 3.8) is 0 Å². The average molecular weight is 475 g/mol. The molecule has 2 aromatic heterocycles. The minimum Gasteiger partial charge on any atom is -0.460 e. The molecule has 8 nitrogen and oxygen atoms in total. The Hall–Kier alpha value is -3.07. The molecule has 8 heteroatoms. The monoisotopic (exact) mass is 474 g/mol. The van der Waals surface area contributed by atoms with Crippen LogP contribution in [0.2, 0.25) is 0 Å². The quantitative estimate of drug-likeness (QED) is 0.456. The molecular weight excluding hydrogens is 444 g/mol. The summed E-state index contributed by atoms with van der Waals surface area (Å²) in [6.45, 7) is 7.00. The summed E-state index contributed by atoms with van der Waals surface area (Å²) >= 11 is 0. The van der Waals surface area contributed by atoms with Gasteiger partial charge in [0.05, 0.1) is 35.4 Å². The number of carbonyl (C=O) groups excluding carboxylic acids is 1. The van der Waals surface area contributed by atoms with Crippen molar-refractivity contribution < 1.29 is 14.6 Å². The molecule has 3 aliphatic rings. The van der Waals surface area contributed by atoms with E-state index in [0.29, 0.717) is 29.8 Å². The van der Waals surface area contributed by atoms with Crippen LogP contribution in [0.3, 0.4) is 0 Å². The molecule has 1 unspecified atom stereocenters. The van der Waals surface area contributed by atoms with E-state index in [1.807, 2.05) is 31.2 Å². The lowest BCUT2D eigenvalue weighted by Crippen LogP contribution is -2.44. The van der Waals surface area contributed by atoms with Gasteiger partial charge in [0.1, 0.15) is 12.2 Å². The van der Waals surface area contributed by atoms with Crippen molar-refractivity contribution >= 4 is 16.9 Å². The van der Waals surface area contributed by atoms with Gasteiger partial charge in [0.25, 0.3) is 5.56 Å². The highest BCUT2D eigenvalue weighted by Gasteiger charge is 2.39. The largest absolute Gasteiger partial charge is 0.460 e. The molecule has 3 aliphatic heterocycles. The minimum atomic E-state index is -1.43. The molecule has 1 fully saturated rings. The molecule has 1 atom stereocenters. The normalized spacial score (nSPS) is 22.4. The molecule has 6 rings (SSSR count). The fourth-order valence-corrected chi connectivity index (χ4v) is 5.72. The molecule has 1 saturated heterocycles. The van der Waals surface area contributed by atoms with Crippen molar-refractivity contribution in [3.8, 4) is 11.4 Å². The first kappa shape index (κ1) is 22.4. The van der Waals surface area contributed by atoms with Gasteiger partial charge in [-0.05, 0) is 36.7 Å². The number of rotatable bonds is 3. The number of aliphatic hydroxyl groups is 1. The molecule has 0 radical (unpaired) electrons. The first-order valence-corrected chi connectivity index (χ1v) is 12.3. The van der Waals surface area contributed by atoms with E-state index in [0.717, 1.165) is 54.9 Å². The maximum absolute atomic E-state index is 13.7. The molecule has 1 aromatic carbocycles. The fourth-order valence-electron chi connectivity index (χ4n) is 5.72. The number of piperazine rings is 1. The summed E-state index contributed by atoms with van der Waals surface area (Å²) in [5.41, 5.74) is 3.88. The molecule has 1 N–H and O–H groups in total. The molecule has 182 valence electrons. The maximum atomic E-state index is 13.7. The number of hydrogen-bond donors (Lipinski definition) is 1. The van der Waals surface area contributed by atoms with E-state index in [9.17, 15) is 14.7 Å². The first-order valence-electron chi connectivity index (χ1n) is 12.3. The second kappa shape index (κ2) is 8.26. The van der Waals surface area contributed by atoms with Gasteiger partial charge in [-0.3, -0.25) is 14.5 Å². The lowest BCUT2D eigenvalue weighted by molar-refractivity contribution is -0.149. The van der Waals surface area contributed by atoms with E-state index in [-0.39, 0.29) is 18.6 Å². The van der Waals surface area contributed by atoms with Crippen molar-refractivity contribution in [2.45, 2.75) is 45.1 Å². The Morgan fingerprint density at radius 1 is 1.11 bits per heavy atom. The lowest BCUT2D eigenvalue weighted by Gasteiger charge is -2.33. The minimum absolute atomic E-state index is 0.116. The molecule has 0 saturated carbocycles. The van der Waals surface area contributed by atoms with Gasteiger partial charge >= 0.3 is 5.97 Å². The number of carbonyl (C=O) groups is 1. The highest BCUT2D eigenvalue weighted by atomic mass is 16.5. The second-order valence-corrected chi connectivity index (χ2v) is 10.0. The van der Waals surface area contributed by atoms with Crippen LogP contribution in [0.1, 0.15) is 42.0 Å². The number of cyclic esters (lactones) is 1. The summed E-state index contributed by atoms with van der Waals surface area (Å²) in [6.07, 6.45) is 0.150. The predicted molar refractivity (Wildman–Crippen MR) is 132 cm³/mol. The van der Waals surface area contributed by atoms with Gasteiger partial charge in [0.15, 0.2) is 0 Å². The SMILES string of the molecule is CCC1(O)CC(=O)OCc2c1cc1n(c2=O)Cc2c-1nc1ccccc1c2CN1CCN(C)CC1. The van der Waals surface area contributed by atoms with Crippen LogP contribution >= 0.6 is 0 Å². The highest BCUT2D eigenvalue weighted by molar-refractivity contribution is 5.88. The van der Waals surface area contributed by atoms with Gasteiger partial charge in [-0.25, -0.2) is 4.98 Å². The molecular formula is C27H30N4O4. The number of pyridine rings is 2. The zero-order chi connectivity index (χ0) is 24.3. The Labute approximate surface area is 203 Å². The Bertz CT molecular complexity index is 1410. The standard InChI is InChI=1S/C27H30N4O4/c1-3-27(34)13-24(32)35-16-20-21(27)12-23-25-19(15-31(23)26(20)33)18(14-30-10-8-29(2)9-11-30)17-6-4-5-7-22(17)28-25/h4-7,12,34H,3,8-11,13-16H2,1-2H3. The van der Waals surface area contributed by atoms with Crippen LogP contribution in [-0.2, 0) is 34.8 Å². The number of fused-ring (bicyclic) bond motifs is 5. The predicted octanol–water partition coefficient (Wildman–Crippen LogP) is 2.22. The van der Waals surface area contributed by atoms with E-state index in [2.05, 4.69) is 22.9 Å². The smallest absolute Gasteiger partial charge is 0.309 e. The number of hydrogen-bond acceptors (Lipinski definition) is 7. The van der Waals surface area contributed by atoms with Crippen molar-refractivity contribution in [2.75, 3.05) is 33.2 Å². The van der Waals surface area contributed by atoms with Crippen molar-refractivity contribution in [1.29, 1.82) is 0 Å². The van der Waals surface area contributed by atoms with E-state index in [1.165, 1.54) is 5.56 Å². The molecule has 0 aliphatic carbocycles. The molecule has 0 spiro atoms. The van der Waals surface area contributed by atoms with Gasteiger partial charge in [-0.1, -0.05) is 25.1 Å². The van der Waals surface area contributed by atoms with Crippen molar-refractivity contribution in [1.82, 2.24) is 19.4 Å². The number of nitrogens with zero attached hydrogens (tertiary/aromatic N) is 4. The van der Waals surface area contributed by atoms with Gasteiger partial charge in [0, 0.05) is 43.7 Å². The Balaban J connectivity index is 1.53. The van der Waals surface area contributed by atoms with Crippen LogP contribution in [0, 0.1) is 0 Å². The van der Waals surface area contributed by atoms with Crippen LogP contribution < -0.4 is 5.56 Å². The Kier molecular flexibility index (Phi) is 5.28. The summed E-state index contributed by atoms with van der Waals surface area (Å²) in [5, 5.41) is 12.5. The van der Waals surface area contributed by atoms with Crippen LogP contribution in [0.25, 0.3) is 22.3 Å². The van der Waals surface area contributed by atoms with Gasteiger partial charge in [0.2, 0.25) is 0 Å². The van der Waals surface area contributed by atoms with Gasteiger partial charge in [-0.15, -0.1) is 0 Å². The van der Waals surface area contributed by atoms with Gasteiger partial charge < -0.3 is 19.3 Å². The molecule has 5 heterocycles. The number of aromatic nitrogens is 2. The van der Waals surface area contributed by atoms with Crippen LogP contribution in [0.5, 0.6) is 0 Å². The summed E-state index contributed by atoms with van der Waals surface area (Å²) in [5.74, 6) is -0.492. The number of para-hydroxylation sites is 1. The maximum Gasteiger partial charge on any atom is 0.309 e. The zero-order valence-electron chi connectivity index (χ0n) is 20.2. The number of likely N-dealkylation sites (N-methyl/N-ethyl adjacent to an activating group) is 1. The van der Waals surface area contributed by atoms with Crippen LogP contribution in [0.15, 0.2) is 35.1 Å². The average Bonchev–Trinajstić information content (AvgIpc) is 3.16. The highest BCUT2D eigenvalue weighted by Crippen LogP contribution is 2.40. The van der Waals surface area contributed by atoms with E-state index < -0.39 is 11.6 Å². The number of benzene rings is 1. The van der Waals surface area contributed by atoms with Gasteiger partial charge in [-0.2, -0.15) is 0 Å². The molecule has 35 heavy (non-hydrogen) atoms. The topological polar surface area (TPSA) is 87.9 Å². The van der Waals surface area contributed by atoms with E-state index in [1.54, 1.807) is 4.57 Å². The Morgan fingerprint density at radius 3 is 2.66 bits per heavy atom. The number of esters is 1. The van der Waals surface area contributed by atoms with Crippen LogP contribution in [0.4, 0.5) is 0 Å². The third kappa shape index (κ3) is 3.59. The molecule has 0 amide bonds. The summed E-state index contributed by atoms with van der Waals surface area (Å²) in [4.78, 5) is 35.7. The fraction of sp³-hybridized carbons (Fsp3) is 0.444. The van der Waals surface area contributed by atoms with Crippen LogP contribution in [-0.4, -0.2) is 63.7 Å². The third-order valence-electron chi connectivity index (χ3n) is 7.95. The third-order valence-corrected chi connectivity index (χ3v) is 7.95. The van der Waals surface area contributed by atoms with Crippen molar-refractivity contribution in [3.05, 3.63) is 62.9 Å². The summed E-state index contributed by atoms with van der Waals surface area (Å²) in [6, 6.07) is 10.0. The zero-order valence-corrected chi connectivity index (χ0v) is 20.2. The molecule has 3 aromatic rings. The van der Waals surface area contributed by atoms with E-state index in [4.69, 9.17) is 9.72 Å².